The minimum atomic E-state index is -0.558. The number of anilines is 2. The van der Waals surface area contributed by atoms with Gasteiger partial charge in [0.1, 0.15) is 9.71 Å². The number of nitrogens with one attached hydrogen (secondary N) is 1. The van der Waals surface area contributed by atoms with E-state index in [1.54, 1.807) is 35.2 Å². The molecule has 164 valence electrons. The van der Waals surface area contributed by atoms with Crippen LogP contribution in [0.2, 0.25) is 0 Å². The normalized spacial score (nSPS) is 10.7. The minimum absolute atomic E-state index is 0.0557. The van der Waals surface area contributed by atoms with Gasteiger partial charge in [-0.1, -0.05) is 11.3 Å². The van der Waals surface area contributed by atoms with Gasteiger partial charge < -0.3 is 19.9 Å². The second-order valence-electron chi connectivity index (χ2n) is 6.85. The van der Waals surface area contributed by atoms with Crippen molar-refractivity contribution in [1.29, 1.82) is 0 Å². The third kappa shape index (κ3) is 5.39. The van der Waals surface area contributed by atoms with Crippen LogP contribution < -0.4 is 10.2 Å². The number of carbonyl (C=O) groups excluding carboxylic acids is 3. The number of rotatable bonds is 8. The van der Waals surface area contributed by atoms with Gasteiger partial charge in [0.2, 0.25) is 0 Å². The van der Waals surface area contributed by atoms with Crippen molar-refractivity contribution in [3.8, 4) is 0 Å². The van der Waals surface area contributed by atoms with Gasteiger partial charge >= 0.3 is 5.97 Å². The number of benzene rings is 1. The van der Waals surface area contributed by atoms with Crippen LogP contribution in [0.5, 0.6) is 0 Å². The van der Waals surface area contributed by atoms with Gasteiger partial charge in [-0.2, -0.15) is 0 Å². The van der Waals surface area contributed by atoms with Crippen LogP contribution in [-0.4, -0.2) is 61.5 Å². The first kappa shape index (κ1) is 22.7. The molecular formula is C21H24N4O4S2. The zero-order valence-electron chi connectivity index (χ0n) is 17.8. The first-order valence-electron chi connectivity index (χ1n) is 9.76. The molecule has 2 aromatic heterocycles. The fraction of sp³-hybridized carbons (Fsp3) is 0.333. The molecular weight excluding hydrogens is 436 g/mol. The van der Waals surface area contributed by atoms with Crippen molar-refractivity contribution in [1.82, 2.24) is 9.88 Å². The zero-order valence-corrected chi connectivity index (χ0v) is 19.4. The molecule has 2 heterocycles. The second kappa shape index (κ2) is 9.88. The van der Waals surface area contributed by atoms with Crippen LogP contribution in [0.1, 0.15) is 33.9 Å². The molecule has 10 heteroatoms. The van der Waals surface area contributed by atoms with Crippen LogP contribution in [0.4, 0.5) is 10.8 Å². The first-order valence-corrected chi connectivity index (χ1v) is 11.4. The third-order valence-corrected chi connectivity index (χ3v) is 6.77. The standard InChI is InChI=1S/C21H24N4O4S2/c1-5-25(6-2)19(27)13-7-9-14(10-8-13)22-17(26)12-29-20(28)16-11-15-18(30-16)23-21(31-15)24(3)4/h7-11H,5-6,12H2,1-4H3,(H,22,26). The van der Waals surface area contributed by atoms with E-state index in [1.165, 1.54) is 22.7 Å². The second-order valence-corrected chi connectivity index (χ2v) is 8.89. The summed E-state index contributed by atoms with van der Waals surface area (Å²) in [5.41, 5.74) is 1.08. The van der Waals surface area contributed by atoms with Gasteiger partial charge in [-0.05, 0) is 44.2 Å². The average Bonchev–Trinajstić information content (AvgIpc) is 3.33. The Hall–Kier alpha value is -2.98. The molecule has 2 amide bonds. The Labute approximate surface area is 188 Å². The Morgan fingerprint density at radius 1 is 1.06 bits per heavy atom. The van der Waals surface area contributed by atoms with Gasteiger partial charge in [0.25, 0.3) is 11.8 Å². The summed E-state index contributed by atoms with van der Waals surface area (Å²) in [4.78, 5) is 46.0. The molecule has 0 saturated heterocycles. The van der Waals surface area contributed by atoms with Crippen LogP contribution in [-0.2, 0) is 9.53 Å². The Kier molecular flexibility index (Phi) is 7.24. The van der Waals surface area contributed by atoms with E-state index in [1.807, 2.05) is 32.8 Å². The van der Waals surface area contributed by atoms with Crippen LogP contribution in [0.15, 0.2) is 30.3 Å². The van der Waals surface area contributed by atoms with Crippen LogP contribution >= 0.6 is 22.7 Å². The summed E-state index contributed by atoms with van der Waals surface area (Å²) >= 11 is 2.73. The number of aromatic nitrogens is 1. The molecule has 1 N–H and O–H groups in total. The fourth-order valence-corrected chi connectivity index (χ4v) is 4.83. The summed E-state index contributed by atoms with van der Waals surface area (Å²) in [5.74, 6) is -1.07. The molecule has 0 fully saturated rings. The lowest BCUT2D eigenvalue weighted by Gasteiger charge is -2.18. The predicted octanol–water partition coefficient (Wildman–Crippen LogP) is 3.70. The predicted molar refractivity (Wildman–Crippen MR) is 124 cm³/mol. The number of hydrogen-bond donors (Lipinski definition) is 1. The monoisotopic (exact) mass is 460 g/mol. The zero-order chi connectivity index (χ0) is 22.5. The van der Waals surface area contributed by atoms with Gasteiger partial charge in [0.05, 0.1) is 4.70 Å². The summed E-state index contributed by atoms with van der Waals surface area (Å²) in [6.45, 7) is 4.71. The van der Waals surface area contributed by atoms with Crippen molar-refractivity contribution in [3.05, 3.63) is 40.8 Å². The lowest BCUT2D eigenvalue weighted by molar-refractivity contribution is -0.119. The summed E-state index contributed by atoms with van der Waals surface area (Å²) < 4.78 is 6.03. The van der Waals surface area contributed by atoms with E-state index < -0.39 is 18.5 Å². The molecule has 0 unspecified atom stereocenters. The number of esters is 1. The van der Waals surface area contributed by atoms with Crippen molar-refractivity contribution >= 4 is 60.8 Å². The molecule has 31 heavy (non-hydrogen) atoms. The van der Waals surface area contributed by atoms with Crippen molar-refractivity contribution < 1.29 is 19.1 Å². The van der Waals surface area contributed by atoms with Crippen molar-refractivity contribution in [2.45, 2.75) is 13.8 Å². The minimum Gasteiger partial charge on any atom is -0.451 e. The summed E-state index contributed by atoms with van der Waals surface area (Å²) in [5, 5.41) is 3.53. The van der Waals surface area contributed by atoms with Crippen LogP contribution in [0, 0.1) is 0 Å². The number of thiazole rings is 1. The van der Waals surface area contributed by atoms with E-state index in [0.717, 1.165) is 14.7 Å². The van der Waals surface area contributed by atoms with Gasteiger partial charge in [-0.15, -0.1) is 11.3 Å². The van der Waals surface area contributed by atoms with E-state index in [2.05, 4.69) is 10.3 Å². The fourth-order valence-electron chi connectivity index (χ4n) is 2.80. The smallest absolute Gasteiger partial charge is 0.348 e. The van der Waals surface area contributed by atoms with Crippen molar-refractivity contribution in [2.75, 3.05) is 44.0 Å². The Bertz CT molecular complexity index is 1050. The molecule has 0 atom stereocenters. The van der Waals surface area contributed by atoms with Gasteiger partial charge in [-0.25, -0.2) is 9.78 Å². The Balaban J connectivity index is 1.53. The highest BCUT2D eigenvalue weighted by Crippen LogP contribution is 2.34. The number of thiophene rings is 1. The Morgan fingerprint density at radius 2 is 1.74 bits per heavy atom. The Morgan fingerprint density at radius 3 is 2.32 bits per heavy atom. The molecule has 3 rings (SSSR count). The van der Waals surface area contributed by atoms with Gasteiger partial charge in [0, 0.05) is 38.4 Å². The highest BCUT2D eigenvalue weighted by atomic mass is 32.1. The van der Waals surface area contributed by atoms with Gasteiger partial charge in [-0.3, -0.25) is 9.59 Å². The first-order chi connectivity index (χ1) is 14.8. The van der Waals surface area contributed by atoms with E-state index in [-0.39, 0.29) is 5.91 Å². The van der Waals surface area contributed by atoms with E-state index in [4.69, 9.17) is 4.74 Å². The third-order valence-electron chi connectivity index (χ3n) is 4.46. The molecule has 0 spiro atoms. The maximum atomic E-state index is 12.3. The SMILES string of the molecule is CCN(CC)C(=O)c1ccc(NC(=O)COC(=O)c2cc3sc(N(C)C)nc3s2)cc1. The highest BCUT2D eigenvalue weighted by molar-refractivity contribution is 7.29. The average molecular weight is 461 g/mol. The van der Waals surface area contributed by atoms with E-state index >= 15 is 0 Å². The van der Waals surface area contributed by atoms with Gasteiger partial charge in [0.15, 0.2) is 11.7 Å². The van der Waals surface area contributed by atoms with Crippen LogP contribution in [0.3, 0.4) is 0 Å². The number of hydrogen-bond acceptors (Lipinski definition) is 8. The number of fused-ring (bicyclic) bond motifs is 1. The molecule has 0 bridgehead atoms. The highest BCUT2D eigenvalue weighted by Gasteiger charge is 2.17. The summed E-state index contributed by atoms with van der Waals surface area (Å²) in [6, 6.07) is 8.36. The maximum Gasteiger partial charge on any atom is 0.348 e. The number of carbonyl (C=O) groups is 3. The summed E-state index contributed by atoms with van der Waals surface area (Å²) in [7, 11) is 3.82. The maximum absolute atomic E-state index is 12.3. The lowest BCUT2D eigenvalue weighted by atomic mass is 10.2. The number of ether oxygens (including phenoxy) is 1. The molecule has 0 radical (unpaired) electrons. The van der Waals surface area contributed by atoms with E-state index in [9.17, 15) is 14.4 Å². The number of amides is 2. The largest absolute Gasteiger partial charge is 0.451 e. The van der Waals surface area contributed by atoms with Crippen molar-refractivity contribution in [2.24, 2.45) is 0 Å². The van der Waals surface area contributed by atoms with Crippen molar-refractivity contribution in [3.63, 3.8) is 0 Å². The lowest BCUT2D eigenvalue weighted by Crippen LogP contribution is -2.30. The van der Waals surface area contributed by atoms with Crippen LogP contribution in [0.25, 0.3) is 9.53 Å². The molecule has 8 nitrogen and oxygen atoms in total. The summed E-state index contributed by atoms with van der Waals surface area (Å²) in [6.07, 6.45) is 0. The molecule has 0 saturated carbocycles. The molecule has 1 aromatic carbocycles. The quantitative estimate of drug-likeness (QED) is 0.516. The van der Waals surface area contributed by atoms with E-state index in [0.29, 0.717) is 29.2 Å². The topological polar surface area (TPSA) is 91.8 Å². The number of nitrogens with zero attached hydrogens (tertiary/aromatic N) is 3. The molecule has 0 aliphatic rings. The molecule has 3 aromatic rings. The molecule has 0 aliphatic carbocycles. The molecule has 0 aliphatic heterocycles.